The molecule has 0 aliphatic rings. The summed E-state index contributed by atoms with van der Waals surface area (Å²) in [5.74, 6) is -0.833. The molecule has 0 fully saturated rings. The summed E-state index contributed by atoms with van der Waals surface area (Å²) in [7, 11) is 0. The number of carboxylic acids is 1. The van der Waals surface area contributed by atoms with Gasteiger partial charge in [0, 0.05) is 6.92 Å². The zero-order valence-electron chi connectivity index (χ0n) is 7.06. The molecule has 0 aromatic heterocycles. The van der Waals surface area contributed by atoms with E-state index in [1.807, 2.05) is 0 Å². The van der Waals surface area contributed by atoms with Crippen molar-refractivity contribution in [3.8, 4) is 0 Å². The van der Waals surface area contributed by atoms with E-state index in [1.165, 1.54) is 0 Å². The van der Waals surface area contributed by atoms with E-state index in [0.717, 1.165) is 6.92 Å². The van der Waals surface area contributed by atoms with Crippen molar-refractivity contribution in [2.45, 2.75) is 6.92 Å². The number of carbonyl (C=O) groups is 1. The summed E-state index contributed by atoms with van der Waals surface area (Å²) in [6.45, 7) is 1.08. The second kappa shape index (κ2) is 9.88. The molecule has 0 aliphatic heterocycles. The zero-order valence-corrected chi connectivity index (χ0v) is 8.27. The first-order chi connectivity index (χ1) is 1.73. The van der Waals surface area contributed by atoms with Crippen LogP contribution >= 0.6 is 0 Å². The second-order valence-corrected chi connectivity index (χ2v) is 0.519. The Bertz CT molecular complexity index is 42.8. The fourth-order valence-electron chi connectivity index (χ4n) is 0. The first kappa shape index (κ1) is 15.6. The maximum Gasteiger partial charge on any atom is 2.00 e. The molecule has 0 aromatic carbocycles. The van der Waals surface area contributed by atoms with Crippen LogP contribution in [0.1, 0.15) is 11.2 Å². The number of aliphatic carboxylic acids is 1. The van der Waals surface area contributed by atoms with Gasteiger partial charge in [-0.15, -0.1) is 0 Å². The van der Waals surface area contributed by atoms with Crippen LogP contribution in [0.2, 0.25) is 0 Å². The summed E-state index contributed by atoms with van der Waals surface area (Å²) >= 11 is 0. The largest absolute Gasteiger partial charge is 2.00 e. The monoisotopic (exact) mass is 126 g/mol. The van der Waals surface area contributed by atoms with E-state index in [4.69, 9.17) is 9.90 Å². The van der Waals surface area contributed by atoms with E-state index in [2.05, 4.69) is 0 Å². The van der Waals surface area contributed by atoms with Crippen molar-refractivity contribution in [2.24, 2.45) is 0 Å². The van der Waals surface area contributed by atoms with Gasteiger partial charge in [-0.2, -0.15) is 0 Å². The van der Waals surface area contributed by atoms with Crippen LogP contribution in [0.5, 0.6) is 0 Å². The van der Waals surface area contributed by atoms with Gasteiger partial charge in [-0.25, -0.2) is 0 Å². The van der Waals surface area contributed by atoms with E-state index in [0.29, 0.717) is 0 Å². The van der Waals surface area contributed by atoms with Crippen LogP contribution in [0.25, 0.3) is 0 Å². The molecular weight excluding hydrogens is 119 g/mol. The van der Waals surface area contributed by atoms with Crippen molar-refractivity contribution in [3.05, 3.63) is 0 Å². The molecule has 0 atom stereocenters. The van der Waals surface area contributed by atoms with Crippen molar-refractivity contribution in [1.29, 1.82) is 0 Å². The van der Waals surface area contributed by atoms with Gasteiger partial charge in [0.1, 0.15) is 0 Å². The van der Waals surface area contributed by atoms with Crippen LogP contribution in [0.3, 0.4) is 0 Å². The molecule has 0 rings (SSSR count). The summed E-state index contributed by atoms with van der Waals surface area (Å²) in [5, 5.41) is 7.42. The third kappa shape index (κ3) is 42.8. The topological polar surface area (TPSA) is 37.3 Å². The van der Waals surface area contributed by atoms with Crippen LogP contribution in [-0.2, 0) is 4.79 Å². The Labute approximate surface area is 93.0 Å². The zero-order chi connectivity index (χ0) is 3.58. The number of carboxylic acid groups (broad SMARTS) is 1. The first-order valence-electron chi connectivity index (χ1n) is 0.928. The molecular formula is C2H7CaNaO2. The fourth-order valence-corrected chi connectivity index (χ4v) is 0. The minimum Gasteiger partial charge on any atom is -1.00 e. The molecule has 0 radical (unpaired) electrons. The van der Waals surface area contributed by atoms with Gasteiger partial charge in [-0.1, -0.05) is 0 Å². The SMILES string of the molecule is CC(=O)O.[Ca+2].[H-].[H-].[H-].[Na+]. The molecule has 4 heteroatoms. The number of hydrogen-bond acceptors (Lipinski definition) is 1. The molecule has 2 nitrogen and oxygen atoms in total. The molecule has 0 spiro atoms. The predicted molar refractivity (Wildman–Crippen MR) is 22.4 cm³/mol. The van der Waals surface area contributed by atoms with E-state index in [-0.39, 0.29) is 71.6 Å². The molecule has 0 heterocycles. The summed E-state index contributed by atoms with van der Waals surface area (Å²) in [6.07, 6.45) is 0. The van der Waals surface area contributed by atoms with Gasteiger partial charge in [-0.05, 0) is 0 Å². The average Bonchev–Trinajstić information content (AvgIpc) is 0.811. The fraction of sp³-hybridized carbons (Fsp3) is 0.500. The quantitative estimate of drug-likeness (QED) is 0.352. The van der Waals surface area contributed by atoms with Gasteiger partial charge in [0.25, 0.3) is 5.97 Å². The van der Waals surface area contributed by atoms with Crippen molar-refractivity contribution >= 4 is 43.7 Å². The van der Waals surface area contributed by atoms with Crippen LogP contribution in [0.4, 0.5) is 0 Å². The number of rotatable bonds is 0. The van der Waals surface area contributed by atoms with E-state index in [1.54, 1.807) is 0 Å². The smallest absolute Gasteiger partial charge is 1.00 e. The molecule has 0 bridgehead atoms. The Balaban J connectivity index is -0.00000000450. The van der Waals surface area contributed by atoms with Gasteiger partial charge in [0.05, 0.1) is 0 Å². The van der Waals surface area contributed by atoms with Crippen molar-refractivity contribution in [3.63, 3.8) is 0 Å². The Morgan fingerprint density at radius 1 is 1.83 bits per heavy atom. The molecule has 6 heavy (non-hydrogen) atoms. The van der Waals surface area contributed by atoms with Gasteiger partial charge >= 0.3 is 67.3 Å². The van der Waals surface area contributed by atoms with Crippen molar-refractivity contribution in [1.82, 2.24) is 0 Å². The maximum absolute atomic E-state index is 9.00. The summed E-state index contributed by atoms with van der Waals surface area (Å²) in [4.78, 5) is 9.00. The summed E-state index contributed by atoms with van der Waals surface area (Å²) < 4.78 is 0. The summed E-state index contributed by atoms with van der Waals surface area (Å²) in [6, 6.07) is 0. The molecule has 30 valence electrons. The Morgan fingerprint density at radius 3 is 1.83 bits per heavy atom. The van der Waals surface area contributed by atoms with Gasteiger partial charge in [0.2, 0.25) is 0 Å². The molecule has 0 aromatic rings. The third-order valence-electron chi connectivity index (χ3n) is 0. The molecule has 0 saturated carbocycles. The molecule has 0 amide bonds. The molecule has 0 aliphatic carbocycles. The average molecular weight is 126 g/mol. The van der Waals surface area contributed by atoms with Crippen LogP contribution in [0, 0.1) is 0 Å². The van der Waals surface area contributed by atoms with Crippen molar-refractivity contribution < 1.29 is 43.7 Å². The Kier molecular flexibility index (Phi) is 25.8. The van der Waals surface area contributed by atoms with Crippen molar-refractivity contribution in [2.75, 3.05) is 0 Å². The third-order valence-corrected chi connectivity index (χ3v) is 0. The van der Waals surface area contributed by atoms with Crippen LogP contribution < -0.4 is 29.6 Å². The van der Waals surface area contributed by atoms with Gasteiger partial charge in [0.15, 0.2) is 0 Å². The van der Waals surface area contributed by atoms with Gasteiger partial charge < -0.3 is 9.39 Å². The normalized spacial score (nSPS) is 4.17. The van der Waals surface area contributed by atoms with Gasteiger partial charge in [-0.3, -0.25) is 4.79 Å². The number of hydrogen-bond donors (Lipinski definition) is 1. The van der Waals surface area contributed by atoms with Crippen LogP contribution in [0.15, 0.2) is 0 Å². The van der Waals surface area contributed by atoms with E-state index in [9.17, 15) is 0 Å². The Morgan fingerprint density at radius 2 is 1.83 bits per heavy atom. The Hall–Kier alpha value is 1.73. The predicted octanol–water partition coefficient (Wildman–Crippen LogP) is -2.95. The molecule has 0 saturated heterocycles. The second-order valence-electron chi connectivity index (χ2n) is 0.519. The van der Waals surface area contributed by atoms with E-state index < -0.39 is 5.97 Å². The standard InChI is InChI=1S/C2H4O2.Ca.Na.3H/c1-2(3)4;;;;;/h1H3,(H,3,4);;;;;/q;+2;+1;3*-1. The van der Waals surface area contributed by atoms with Crippen LogP contribution in [-0.4, -0.2) is 48.8 Å². The molecule has 1 N–H and O–H groups in total. The molecule has 0 unspecified atom stereocenters. The minimum absolute atomic E-state index is 0. The summed E-state index contributed by atoms with van der Waals surface area (Å²) in [5.41, 5.74) is 0. The minimum atomic E-state index is -0.833. The van der Waals surface area contributed by atoms with E-state index >= 15 is 0 Å². The first-order valence-corrected chi connectivity index (χ1v) is 0.928. The maximum atomic E-state index is 9.00.